The van der Waals surface area contributed by atoms with Crippen molar-refractivity contribution in [1.82, 2.24) is 16.1 Å². The van der Waals surface area contributed by atoms with E-state index in [0.717, 1.165) is 18.4 Å². The van der Waals surface area contributed by atoms with Crippen molar-refractivity contribution in [2.45, 2.75) is 103 Å². The zero-order valence-electron chi connectivity index (χ0n) is 26.5. The molecule has 12 nitrogen and oxygen atoms in total. The lowest BCUT2D eigenvalue weighted by Crippen LogP contribution is -2.65. The predicted octanol–water partition coefficient (Wildman–Crippen LogP) is 3.49. The summed E-state index contributed by atoms with van der Waals surface area (Å²) in [6, 6.07) is 6.13. The summed E-state index contributed by atoms with van der Waals surface area (Å²) >= 11 is 6.02. The molecule has 0 aromatic heterocycles. The summed E-state index contributed by atoms with van der Waals surface area (Å²) in [7, 11) is -0.597. The summed E-state index contributed by atoms with van der Waals surface area (Å²) in [5, 5.41) is 14.8. The summed E-state index contributed by atoms with van der Waals surface area (Å²) in [6.07, 6.45) is 3.31. The van der Waals surface area contributed by atoms with E-state index in [-0.39, 0.29) is 48.2 Å². The van der Waals surface area contributed by atoms with E-state index in [1.54, 1.807) is 31.2 Å². The molecule has 2 bridgehead atoms. The van der Waals surface area contributed by atoms with Crippen LogP contribution in [-0.2, 0) is 18.9 Å². The van der Waals surface area contributed by atoms with Gasteiger partial charge in [0.1, 0.15) is 10.9 Å². The Bertz CT molecular complexity index is 1250. The van der Waals surface area contributed by atoms with Crippen molar-refractivity contribution in [1.29, 1.82) is 0 Å². The van der Waals surface area contributed by atoms with E-state index in [0.29, 0.717) is 29.7 Å². The summed E-state index contributed by atoms with van der Waals surface area (Å²) in [5.41, 5.74) is 8.03. The molecule has 0 spiro atoms. The molecule has 0 radical (unpaired) electrons. The van der Waals surface area contributed by atoms with Gasteiger partial charge in [0.05, 0.1) is 23.6 Å². The van der Waals surface area contributed by atoms with Crippen molar-refractivity contribution in [2.24, 2.45) is 33.9 Å². The first-order valence-corrected chi connectivity index (χ1v) is 15.9. The van der Waals surface area contributed by atoms with Crippen LogP contribution in [0.4, 0.5) is 0 Å². The topological polar surface area (TPSA) is 167 Å². The van der Waals surface area contributed by atoms with Crippen LogP contribution in [0, 0.1) is 28.1 Å². The smallest absolute Gasteiger partial charge is 0.404 e. The summed E-state index contributed by atoms with van der Waals surface area (Å²) < 4.78 is 13.2. The number of nitrogens with one attached hydrogen (secondary N) is 3. The monoisotopic (exact) mass is 633 g/mol. The highest BCUT2D eigenvalue weighted by atomic mass is 35.5. The molecule has 3 saturated carbocycles. The molecule has 44 heavy (non-hydrogen) atoms. The molecule has 1 unspecified atom stereocenters. The Morgan fingerprint density at radius 2 is 1.84 bits per heavy atom. The second kappa shape index (κ2) is 13.6. The molecule has 2 amide bonds. The quantitative estimate of drug-likeness (QED) is 0.0723. The molecule has 1 saturated heterocycles. The molecule has 242 valence electrons. The van der Waals surface area contributed by atoms with E-state index in [1.807, 2.05) is 5.43 Å². The van der Waals surface area contributed by atoms with Crippen molar-refractivity contribution < 1.29 is 29.1 Å². The molecule has 4 aliphatic rings. The first-order chi connectivity index (χ1) is 20.6. The third-order valence-corrected chi connectivity index (χ3v) is 10.1. The van der Waals surface area contributed by atoms with E-state index >= 15 is 0 Å². The zero-order chi connectivity index (χ0) is 32.4. The van der Waals surface area contributed by atoms with Crippen LogP contribution < -0.4 is 21.8 Å². The summed E-state index contributed by atoms with van der Waals surface area (Å²) in [4.78, 5) is 41.9. The average molecular weight is 634 g/mol. The Hall–Kier alpha value is -2.90. The molecule has 1 aromatic rings. The lowest BCUT2D eigenvalue weighted by molar-refractivity contribution is -0.822. The maximum atomic E-state index is 13.9. The van der Waals surface area contributed by atoms with Crippen molar-refractivity contribution in [3.63, 3.8) is 0 Å². The van der Waals surface area contributed by atoms with Crippen LogP contribution in [0.15, 0.2) is 29.3 Å². The maximum Gasteiger partial charge on any atom is 0.481 e. The number of nitrogens with two attached hydrogens (primary N) is 1. The fraction of sp³-hybridized carbons (Fsp3) is 0.700. The van der Waals surface area contributed by atoms with Gasteiger partial charge in [-0.15, -0.1) is 0 Å². The van der Waals surface area contributed by atoms with Gasteiger partial charge < -0.3 is 25.7 Å². The van der Waals surface area contributed by atoms with Gasteiger partial charge in [0.2, 0.25) is 11.8 Å². The number of amides is 2. The minimum absolute atomic E-state index is 0.0209. The number of carbonyl (C=O) groups is 2. The number of rotatable bonds is 13. The average Bonchev–Trinajstić information content (AvgIpc) is 3.30. The highest BCUT2D eigenvalue weighted by Crippen LogP contribution is 2.65. The molecule has 3 aliphatic carbocycles. The van der Waals surface area contributed by atoms with Gasteiger partial charge in [-0.05, 0) is 92.2 Å². The van der Waals surface area contributed by atoms with E-state index in [1.165, 1.54) is 0 Å². The minimum Gasteiger partial charge on any atom is -0.404 e. The summed E-state index contributed by atoms with van der Waals surface area (Å²) in [6.45, 7) is 12.9. The molecule has 5 rings (SSSR count). The van der Waals surface area contributed by atoms with Crippen LogP contribution in [0.25, 0.3) is 0 Å². The SMILES string of the molecule is CC(C)C[C@H](NC(=O)[C@H](CCCN=C(N)N[N+](=O)O)NC(=O)C(C)c1ccc(Cl)cc1)B1O[C@@H]2C[C@@H]3C[C@@H](C3(C)C)[C@]2(C)O1. The van der Waals surface area contributed by atoms with Gasteiger partial charge in [0.15, 0.2) is 0 Å². The normalized spacial score (nSPS) is 27.5. The van der Waals surface area contributed by atoms with E-state index in [2.05, 4.69) is 50.2 Å². The van der Waals surface area contributed by atoms with Gasteiger partial charge in [-0.3, -0.25) is 9.59 Å². The number of aliphatic imine (C=N–C) groups is 1. The summed E-state index contributed by atoms with van der Waals surface area (Å²) in [5.74, 6) is -0.621. The third-order valence-electron chi connectivity index (χ3n) is 9.89. The second-order valence-electron chi connectivity index (χ2n) is 13.7. The Kier molecular flexibility index (Phi) is 10.5. The largest absolute Gasteiger partial charge is 0.481 e. The highest BCUT2D eigenvalue weighted by molar-refractivity contribution is 6.48. The van der Waals surface area contributed by atoms with E-state index in [9.17, 15) is 14.5 Å². The molecular formula is C30H47BClN6O6+. The van der Waals surface area contributed by atoms with Gasteiger partial charge in [0, 0.05) is 11.6 Å². The number of carbonyl (C=O) groups excluding carboxylic acids is 2. The lowest BCUT2D eigenvalue weighted by atomic mass is 9.43. The Morgan fingerprint density at radius 1 is 1.16 bits per heavy atom. The van der Waals surface area contributed by atoms with Crippen LogP contribution in [0.3, 0.4) is 0 Å². The molecule has 1 aliphatic heterocycles. The molecule has 4 fully saturated rings. The molecule has 14 heteroatoms. The maximum absolute atomic E-state index is 13.9. The highest BCUT2D eigenvalue weighted by Gasteiger charge is 2.68. The van der Waals surface area contributed by atoms with Gasteiger partial charge in [-0.1, -0.05) is 51.4 Å². The number of guanidine groups is 1. The standard InChI is InChI=1S/C30H46BClN6O6/c1-17(2)14-25(31-43-24-16-20-15-23(29(20,4)5)30(24,6)44-31)36-27(40)22(8-7-13-34-28(33)37-38(41)42)35-26(39)18(3)19-9-11-21(32)12-10-19/h9-12,17-18,20,22-25H,7-8,13-16H2,1-6H3,(H5-,33,34,35,36,37,39,40,41,42)/p+1/t18?,20-,22-,23-,24+,25-,30-/m0/s1. The number of hydrogen-bond acceptors (Lipinski definition) is 6. The van der Waals surface area contributed by atoms with Gasteiger partial charge in [0.25, 0.3) is 5.96 Å². The molecule has 7 atom stereocenters. The second-order valence-corrected chi connectivity index (χ2v) is 14.1. The van der Waals surface area contributed by atoms with Gasteiger partial charge in [-0.25, -0.2) is 10.2 Å². The Balaban J connectivity index is 1.47. The molecule has 1 aromatic carbocycles. The first-order valence-electron chi connectivity index (χ1n) is 15.5. The van der Waals surface area contributed by atoms with Crippen LogP contribution in [-0.4, -0.2) is 65.4 Å². The number of hydrazine groups is 1. The molecule has 1 heterocycles. The molecule has 6 N–H and O–H groups in total. The number of halogens is 1. The van der Waals surface area contributed by atoms with E-state index < -0.39 is 35.7 Å². The van der Waals surface area contributed by atoms with Crippen molar-refractivity contribution in [3.8, 4) is 0 Å². The fourth-order valence-corrected chi connectivity index (χ4v) is 7.32. The number of nitrogens with zero attached hydrogens (tertiary/aromatic N) is 2. The Morgan fingerprint density at radius 3 is 2.45 bits per heavy atom. The van der Waals surface area contributed by atoms with Crippen molar-refractivity contribution >= 4 is 36.5 Å². The number of benzene rings is 1. The predicted molar refractivity (Wildman–Crippen MR) is 168 cm³/mol. The van der Waals surface area contributed by atoms with Crippen molar-refractivity contribution in [2.75, 3.05) is 6.54 Å². The molecular weight excluding hydrogens is 587 g/mol. The van der Waals surface area contributed by atoms with Gasteiger partial charge in [-0.2, -0.15) is 0 Å². The van der Waals surface area contributed by atoms with Crippen LogP contribution in [0.5, 0.6) is 0 Å². The van der Waals surface area contributed by atoms with E-state index in [4.69, 9.17) is 31.9 Å². The zero-order valence-corrected chi connectivity index (χ0v) is 27.3. The lowest BCUT2D eigenvalue weighted by Gasteiger charge is -2.64. The van der Waals surface area contributed by atoms with Crippen LogP contribution in [0.2, 0.25) is 5.02 Å². The minimum atomic E-state index is -0.879. The fourth-order valence-electron chi connectivity index (χ4n) is 7.20. The van der Waals surface area contributed by atoms with Crippen molar-refractivity contribution in [3.05, 3.63) is 39.8 Å². The third kappa shape index (κ3) is 7.48. The van der Waals surface area contributed by atoms with Crippen LogP contribution >= 0.6 is 11.6 Å². The van der Waals surface area contributed by atoms with Gasteiger partial charge >= 0.3 is 12.2 Å². The Labute approximate surface area is 264 Å². The number of hydrogen-bond donors (Lipinski definition) is 5. The van der Waals surface area contributed by atoms with Crippen LogP contribution in [0.1, 0.15) is 85.1 Å². The first kappa shape index (κ1) is 34.0.